The third-order valence-electron chi connectivity index (χ3n) is 3.21. The zero-order chi connectivity index (χ0) is 17.3. The summed E-state index contributed by atoms with van der Waals surface area (Å²) in [5.41, 5.74) is 2.06. The molecule has 8 heteroatoms. The van der Waals surface area contributed by atoms with Crippen LogP contribution in [0.2, 0.25) is 10.0 Å². The average Bonchev–Trinajstić information content (AvgIpc) is 2.96. The van der Waals surface area contributed by atoms with Crippen LogP contribution in [-0.4, -0.2) is 13.4 Å². The fourth-order valence-corrected chi connectivity index (χ4v) is 4.57. The van der Waals surface area contributed by atoms with Crippen LogP contribution in [0.15, 0.2) is 52.7 Å². The lowest BCUT2D eigenvalue weighted by Gasteiger charge is -2.10. The van der Waals surface area contributed by atoms with E-state index in [9.17, 15) is 8.42 Å². The Balaban J connectivity index is 1.94. The Morgan fingerprint density at radius 3 is 2.62 bits per heavy atom. The quantitative estimate of drug-likeness (QED) is 0.654. The summed E-state index contributed by atoms with van der Waals surface area (Å²) in [6.45, 7) is 1.92. The summed E-state index contributed by atoms with van der Waals surface area (Å²) in [5.74, 6) is 0. The van der Waals surface area contributed by atoms with Gasteiger partial charge in [0.05, 0.1) is 15.7 Å². The van der Waals surface area contributed by atoms with Crippen molar-refractivity contribution in [3.63, 3.8) is 0 Å². The molecule has 0 saturated heterocycles. The molecule has 0 saturated carbocycles. The van der Waals surface area contributed by atoms with Crippen molar-refractivity contribution in [2.24, 2.45) is 0 Å². The predicted molar refractivity (Wildman–Crippen MR) is 99.6 cm³/mol. The van der Waals surface area contributed by atoms with Gasteiger partial charge in [-0.05, 0) is 37.3 Å². The number of sulfonamides is 1. The van der Waals surface area contributed by atoms with Gasteiger partial charge < -0.3 is 0 Å². The van der Waals surface area contributed by atoms with Crippen molar-refractivity contribution in [2.45, 2.75) is 11.8 Å². The normalized spacial score (nSPS) is 11.5. The van der Waals surface area contributed by atoms with Gasteiger partial charge in [0, 0.05) is 21.7 Å². The number of hydrogen-bond acceptors (Lipinski definition) is 4. The van der Waals surface area contributed by atoms with Crippen molar-refractivity contribution >= 4 is 50.2 Å². The van der Waals surface area contributed by atoms with Gasteiger partial charge in [-0.15, -0.1) is 11.3 Å². The fraction of sp³-hybridized carbons (Fsp3) is 0.0625. The molecular formula is C16H12Cl2N2O2S2. The Bertz CT molecular complexity index is 1000. The molecule has 0 amide bonds. The van der Waals surface area contributed by atoms with Crippen molar-refractivity contribution in [2.75, 3.05) is 4.72 Å². The van der Waals surface area contributed by atoms with Crippen LogP contribution >= 0.6 is 34.5 Å². The maximum Gasteiger partial charge on any atom is 0.263 e. The van der Waals surface area contributed by atoms with Crippen LogP contribution in [-0.2, 0) is 10.0 Å². The first-order chi connectivity index (χ1) is 11.3. The van der Waals surface area contributed by atoms with E-state index in [2.05, 4.69) is 9.71 Å². The monoisotopic (exact) mass is 398 g/mol. The highest BCUT2D eigenvalue weighted by atomic mass is 35.5. The highest BCUT2D eigenvalue weighted by Crippen LogP contribution is 2.29. The highest BCUT2D eigenvalue weighted by molar-refractivity contribution is 7.92. The molecule has 3 rings (SSSR count). The van der Waals surface area contributed by atoms with Crippen LogP contribution < -0.4 is 4.72 Å². The van der Waals surface area contributed by atoms with E-state index in [1.807, 2.05) is 18.4 Å². The molecule has 4 nitrogen and oxygen atoms in total. The lowest BCUT2D eigenvalue weighted by Crippen LogP contribution is -2.13. The maximum atomic E-state index is 12.6. The number of benzene rings is 2. The largest absolute Gasteiger partial charge is 0.280 e. The van der Waals surface area contributed by atoms with Gasteiger partial charge in [0.15, 0.2) is 0 Å². The third kappa shape index (κ3) is 3.72. The molecule has 24 heavy (non-hydrogen) atoms. The molecule has 0 unspecified atom stereocenters. The molecule has 0 aliphatic carbocycles. The van der Waals surface area contributed by atoms with Crippen LogP contribution in [0, 0.1) is 6.92 Å². The number of hydrogen-bond donors (Lipinski definition) is 1. The summed E-state index contributed by atoms with van der Waals surface area (Å²) in [6, 6.07) is 11.3. The number of nitrogens with one attached hydrogen (secondary N) is 1. The molecule has 0 spiro atoms. The van der Waals surface area contributed by atoms with E-state index in [0.29, 0.717) is 10.7 Å². The van der Waals surface area contributed by atoms with Crippen LogP contribution in [0.4, 0.5) is 5.69 Å². The van der Waals surface area contributed by atoms with E-state index in [1.165, 1.54) is 29.5 Å². The molecule has 0 radical (unpaired) electrons. The smallest absolute Gasteiger partial charge is 0.263 e. The Hall–Kier alpha value is -1.60. The van der Waals surface area contributed by atoms with Crippen molar-refractivity contribution in [1.82, 2.24) is 4.98 Å². The van der Waals surface area contributed by atoms with Gasteiger partial charge in [-0.2, -0.15) is 0 Å². The van der Waals surface area contributed by atoms with Gasteiger partial charge in [-0.25, -0.2) is 13.4 Å². The number of nitrogens with zero attached hydrogens (tertiary/aromatic N) is 1. The average molecular weight is 399 g/mol. The van der Waals surface area contributed by atoms with E-state index in [-0.39, 0.29) is 9.92 Å². The first kappa shape index (κ1) is 17.2. The summed E-state index contributed by atoms with van der Waals surface area (Å²) >= 11 is 13.4. The molecule has 0 aliphatic heterocycles. The predicted octanol–water partition coefficient (Wildman–Crippen LogP) is 5.23. The van der Waals surface area contributed by atoms with Gasteiger partial charge in [-0.1, -0.05) is 35.3 Å². The Morgan fingerprint density at radius 1 is 1.12 bits per heavy atom. The fourth-order valence-electron chi connectivity index (χ4n) is 2.13. The van der Waals surface area contributed by atoms with Crippen LogP contribution in [0.3, 0.4) is 0 Å². The van der Waals surface area contributed by atoms with Gasteiger partial charge in [0.2, 0.25) is 0 Å². The molecule has 0 bridgehead atoms. The zero-order valence-corrected chi connectivity index (χ0v) is 15.6. The first-order valence-electron chi connectivity index (χ1n) is 6.85. The van der Waals surface area contributed by atoms with Crippen LogP contribution in [0.5, 0.6) is 0 Å². The molecule has 3 aromatic rings. The lowest BCUT2D eigenvalue weighted by atomic mass is 10.1. The van der Waals surface area contributed by atoms with Crippen molar-refractivity contribution in [3.8, 4) is 11.3 Å². The third-order valence-corrected chi connectivity index (χ3v) is 6.08. The topological polar surface area (TPSA) is 59.1 Å². The van der Waals surface area contributed by atoms with Crippen LogP contribution in [0.1, 0.15) is 5.01 Å². The summed E-state index contributed by atoms with van der Waals surface area (Å²) in [7, 11) is -3.84. The van der Waals surface area contributed by atoms with Crippen molar-refractivity contribution in [1.29, 1.82) is 0 Å². The first-order valence-corrected chi connectivity index (χ1v) is 9.97. The summed E-state index contributed by atoms with van der Waals surface area (Å²) in [4.78, 5) is 4.34. The van der Waals surface area contributed by atoms with Gasteiger partial charge in [0.25, 0.3) is 10.0 Å². The lowest BCUT2D eigenvalue weighted by molar-refractivity contribution is 0.601. The minimum atomic E-state index is -3.84. The SMILES string of the molecule is Cc1nc(-c2cccc(NS(=O)(=O)c3cc(Cl)ccc3Cl)c2)cs1. The van der Waals surface area contributed by atoms with Gasteiger partial charge in [-0.3, -0.25) is 4.72 Å². The van der Waals surface area contributed by atoms with E-state index in [4.69, 9.17) is 23.2 Å². The summed E-state index contributed by atoms with van der Waals surface area (Å²) in [6.07, 6.45) is 0. The minimum Gasteiger partial charge on any atom is -0.280 e. The second-order valence-corrected chi connectivity index (χ2v) is 8.57. The van der Waals surface area contributed by atoms with E-state index in [1.54, 1.807) is 18.2 Å². The second-order valence-electron chi connectivity index (χ2n) is 5.01. The molecule has 1 heterocycles. The van der Waals surface area contributed by atoms with Crippen molar-refractivity contribution in [3.05, 3.63) is 62.9 Å². The number of anilines is 1. The second kappa shape index (κ2) is 6.72. The molecular weight excluding hydrogens is 387 g/mol. The molecule has 0 atom stereocenters. The summed E-state index contributed by atoms with van der Waals surface area (Å²) < 4.78 is 27.6. The van der Waals surface area contributed by atoms with Crippen molar-refractivity contribution < 1.29 is 8.42 Å². The highest BCUT2D eigenvalue weighted by Gasteiger charge is 2.19. The number of aryl methyl sites for hydroxylation is 1. The molecule has 1 aromatic heterocycles. The van der Waals surface area contributed by atoms with E-state index in [0.717, 1.165) is 16.3 Å². The number of halogens is 2. The number of rotatable bonds is 4. The Labute approximate surface area is 154 Å². The number of thiazole rings is 1. The molecule has 124 valence electrons. The van der Waals surface area contributed by atoms with Gasteiger partial charge >= 0.3 is 0 Å². The van der Waals surface area contributed by atoms with Gasteiger partial charge in [0.1, 0.15) is 4.90 Å². The van der Waals surface area contributed by atoms with E-state index < -0.39 is 10.0 Å². The molecule has 0 fully saturated rings. The van der Waals surface area contributed by atoms with Crippen LogP contribution in [0.25, 0.3) is 11.3 Å². The standard InChI is InChI=1S/C16H12Cl2N2O2S2/c1-10-19-15(9-23-10)11-3-2-4-13(7-11)20-24(21,22)16-8-12(17)5-6-14(16)18/h2-9,20H,1H3. The Morgan fingerprint density at radius 2 is 1.92 bits per heavy atom. The molecule has 0 aliphatic rings. The molecule has 1 N–H and O–H groups in total. The Kier molecular flexibility index (Phi) is 4.83. The zero-order valence-electron chi connectivity index (χ0n) is 12.5. The maximum absolute atomic E-state index is 12.6. The number of aromatic nitrogens is 1. The summed E-state index contributed by atoms with van der Waals surface area (Å²) in [5, 5.41) is 3.28. The minimum absolute atomic E-state index is 0.0634. The molecule has 2 aromatic carbocycles. The van der Waals surface area contributed by atoms with E-state index >= 15 is 0 Å².